The number of aryl methyl sites for hydroxylation is 1. The van der Waals surface area contributed by atoms with E-state index in [1.807, 2.05) is 6.92 Å². The Balaban J connectivity index is 1.78. The van der Waals surface area contributed by atoms with E-state index in [2.05, 4.69) is 89.7 Å². The number of ether oxygens (including phenoxy) is 2. The van der Waals surface area contributed by atoms with Crippen molar-refractivity contribution in [2.45, 2.75) is 13.8 Å². The van der Waals surface area contributed by atoms with E-state index in [4.69, 9.17) is 9.47 Å². The fourth-order valence-electron chi connectivity index (χ4n) is 4.02. The third-order valence-electron chi connectivity index (χ3n) is 5.44. The van der Waals surface area contributed by atoms with Gasteiger partial charge in [-0.05, 0) is 37.1 Å². The summed E-state index contributed by atoms with van der Waals surface area (Å²) in [5, 5.41) is 5.76. The van der Waals surface area contributed by atoms with Crippen molar-refractivity contribution in [1.82, 2.24) is 4.57 Å². The van der Waals surface area contributed by atoms with E-state index < -0.39 is 0 Å². The van der Waals surface area contributed by atoms with E-state index in [9.17, 15) is 0 Å². The topological polar surface area (TPSA) is 23.4 Å². The SMILES string of the molecule is CCOCOc1c(-c2ccccc2C)csc1-n1c2ccccc2c2ccccc21. The first-order valence-electron chi connectivity index (χ1n) is 10.2. The molecule has 5 rings (SSSR count). The molecule has 30 heavy (non-hydrogen) atoms. The zero-order valence-electron chi connectivity index (χ0n) is 17.1. The smallest absolute Gasteiger partial charge is 0.189 e. The normalized spacial score (nSPS) is 11.4. The van der Waals surface area contributed by atoms with Gasteiger partial charge in [0.2, 0.25) is 0 Å². The first-order valence-corrected chi connectivity index (χ1v) is 11.0. The maximum absolute atomic E-state index is 6.25. The van der Waals surface area contributed by atoms with Gasteiger partial charge >= 0.3 is 0 Å². The lowest BCUT2D eigenvalue weighted by molar-refractivity contribution is 0.0230. The van der Waals surface area contributed by atoms with Crippen LogP contribution in [0.1, 0.15) is 12.5 Å². The van der Waals surface area contributed by atoms with Crippen LogP contribution >= 0.6 is 11.3 Å². The highest BCUT2D eigenvalue weighted by Gasteiger charge is 2.21. The van der Waals surface area contributed by atoms with E-state index in [1.165, 1.54) is 32.9 Å². The van der Waals surface area contributed by atoms with E-state index in [1.54, 1.807) is 11.3 Å². The lowest BCUT2D eigenvalue weighted by Crippen LogP contribution is -2.04. The van der Waals surface area contributed by atoms with Crippen molar-refractivity contribution in [3.05, 3.63) is 83.7 Å². The Morgan fingerprint density at radius 3 is 2.10 bits per heavy atom. The van der Waals surface area contributed by atoms with Crippen molar-refractivity contribution in [2.75, 3.05) is 13.4 Å². The molecule has 3 nitrogen and oxygen atoms in total. The highest BCUT2D eigenvalue weighted by atomic mass is 32.1. The van der Waals surface area contributed by atoms with Crippen molar-refractivity contribution in [3.8, 4) is 21.9 Å². The van der Waals surface area contributed by atoms with Gasteiger partial charge in [0, 0.05) is 28.3 Å². The molecule has 0 aliphatic carbocycles. The Morgan fingerprint density at radius 1 is 0.800 bits per heavy atom. The van der Waals surface area contributed by atoms with Crippen LogP contribution in [-0.4, -0.2) is 18.0 Å². The number of nitrogens with zero attached hydrogens (tertiary/aromatic N) is 1. The van der Waals surface area contributed by atoms with Gasteiger partial charge in [0.05, 0.1) is 11.0 Å². The van der Waals surface area contributed by atoms with E-state index in [0.29, 0.717) is 6.61 Å². The predicted molar refractivity (Wildman–Crippen MR) is 126 cm³/mol. The summed E-state index contributed by atoms with van der Waals surface area (Å²) >= 11 is 1.71. The van der Waals surface area contributed by atoms with Gasteiger partial charge in [-0.1, -0.05) is 60.7 Å². The zero-order valence-corrected chi connectivity index (χ0v) is 17.9. The minimum atomic E-state index is 0.232. The summed E-state index contributed by atoms with van der Waals surface area (Å²) in [5.74, 6) is 0.870. The molecule has 0 aliphatic rings. The fraction of sp³-hybridized carbons (Fsp3) is 0.154. The van der Waals surface area contributed by atoms with Gasteiger partial charge in [0.25, 0.3) is 0 Å². The molecule has 0 atom stereocenters. The molecular formula is C26H23NO2S. The molecular weight excluding hydrogens is 390 g/mol. The molecule has 0 unspecified atom stereocenters. The summed E-state index contributed by atoms with van der Waals surface area (Å²) in [6.07, 6.45) is 0. The number of thiophene rings is 1. The second-order valence-electron chi connectivity index (χ2n) is 7.22. The predicted octanol–water partition coefficient (Wildman–Crippen LogP) is 7.19. The number of aromatic nitrogens is 1. The van der Waals surface area contributed by atoms with Crippen molar-refractivity contribution in [3.63, 3.8) is 0 Å². The maximum atomic E-state index is 6.25. The molecule has 4 heteroatoms. The van der Waals surface area contributed by atoms with E-state index >= 15 is 0 Å². The van der Waals surface area contributed by atoms with Crippen molar-refractivity contribution in [2.24, 2.45) is 0 Å². The summed E-state index contributed by atoms with van der Waals surface area (Å²) in [4.78, 5) is 0. The lowest BCUT2D eigenvalue weighted by atomic mass is 10.0. The maximum Gasteiger partial charge on any atom is 0.189 e. The monoisotopic (exact) mass is 413 g/mol. The van der Waals surface area contributed by atoms with E-state index in [0.717, 1.165) is 16.3 Å². The van der Waals surface area contributed by atoms with Gasteiger partial charge in [-0.25, -0.2) is 0 Å². The second kappa shape index (κ2) is 7.98. The highest BCUT2D eigenvalue weighted by Crippen LogP contribution is 2.45. The largest absolute Gasteiger partial charge is 0.464 e. The van der Waals surface area contributed by atoms with Crippen LogP contribution in [-0.2, 0) is 4.74 Å². The lowest BCUT2D eigenvalue weighted by Gasteiger charge is -2.13. The molecule has 150 valence electrons. The van der Waals surface area contributed by atoms with Crippen LogP contribution in [0.3, 0.4) is 0 Å². The minimum Gasteiger partial charge on any atom is -0.464 e. The molecule has 0 N–H and O–H groups in total. The number of para-hydroxylation sites is 2. The summed E-state index contributed by atoms with van der Waals surface area (Å²) in [6, 6.07) is 25.5. The molecule has 2 aromatic heterocycles. The van der Waals surface area contributed by atoms with Crippen LogP contribution in [0, 0.1) is 6.92 Å². The molecule has 0 amide bonds. The molecule has 0 fully saturated rings. The average Bonchev–Trinajstić information content (AvgIpc) is 3.33. The molecule has 0 aliphatic heterocycles. The summed E-state index contributed by atoms with van der Waals surface area (Å²) in [6.45, 7) is 4.97. The summed E-state index contributed by atoms with van der Waals surface area (Å²) in [5.41, 5.74) is 5.88. The number of hydrogen-bond acceptors (Lipinski definition) is 3. The third-order valence-corrected chi connectivity index (χ3v) is 6.38. The molecule has 0 saturated carbocycles. The van der Waals surface area contributed by atoms with Crippen LogP contribution in [0.5, 0.6) is 5.75 Å². The van der Waals surface area contributed by atoms with E-state index in [-0.39, 0.29) is 6.79 Å². The zero-order chi connectivity index (χ0) is 20.5. The first-order chi connectivity index (χ1) is 14.8. The standard InChI is InChI=1S/C26H23NO2S/c1-3-28-17-29-25-22(19-11-5-4-10-18(19)2)16-30-26(25)27-23-14-8-6-12-20(23)21-13-7-9-15-24(21)27/h4-16H,3,17H2,1-2H3. The number of benzene rings is 3. The van der Waals surface area contributed by atoms with Gasteiger partial charge < -0.3 is 9.47 Å². The van der Waals surface area contributed by atoms with Gasteiger partial charge in [-0.2, -0.15) is 0 Å². The quantitative estimate of drug-likeness (QED) is 0.217. The molecule has 0 saturated heterocycles. The minimum absolute atomic E-state index is 0.232. The van der Waals surface area contributed by atoms with Gasteiger partial charge in [0.15, 0.2) is 12.5 Å². The number of fused-ring (bicyclic) bond motifs is 3. The Labute approximate surface area is 180 Å². The third kappa shape index (κ3) is 3.09. The van der Waals surface area contributed by atoms with Crippen LogP contribution in [0.25, 0.3) is 37.9 Å². The van der Waals surface area contributed by atoms with Crippen molar-refractivity contribution >= 4 is 33.1 Å². The fourth-order valence-corrected chi connectivity index (χ4v) is 5.06. The Bertz CT molecular complexity index is 1280. The molecule has 3 aromatic carbocycles. The molecule has 0 radical (unpaired) electrons. The Kier molecular flexibility index (Phi) is 5.03. The Morgan fingerprint density at radius 2 is 1.43 bits per heavy atom. The Hall–Kier alpha value is -3.08. The molecule has 5 aromatic rings. The molecule has 0 spiro atoms. The summed E-state index contributed by atoms with van der Waals surface area (Å²) < 4.78 is 14.1. The number of rotatable bonds is 6. The second-order valence-corrected chi connectivity index (χ2v) is 8.08. The van der Waals surface area contributed by atoms with Crippen LogP contribution in [0.2, 0.25) is 0 Å². The average molecular weight is 414 g/mol. The number of hydrogen-bond donors (Lipinski definition) is 0. The van der Waals surface area contributed by atoms with Gasteiger partial charge in [0.1, 0.15) is 5.00 Å². The summed E-state index contributed by atoms with van der Waals surface area (Å²) in [7, 11) is 0. The molecule has 2 heterocycles. The first kappa shape index (κ1) is 18.9. The van der Waals surface area contributed by atoms with Gasteiger partial charge in [-0.3, -0.25) is 4.57 Å². The molecule has 0 bridgehead atoms. The van der Waals surface area contributed by atoms with Crippen molar-refractivity contribution in [1.29, 1.82) is 0 Å². The van der Waals surface area contributed by atoms with Gasteiger partial charge in [-0.15, -0.1) is 11.3 Å². The van der Waals surface area contributed by atoms with Crippen molar-refractivity contribution < 1.29 is 9.47 Å². The van der Waals surface area contributed by atoms with Crippen LogP contribution in [0.15, 0.2) is 78.2 Å². The van der Waals surface area contributed by atoms with Crippen LogP contribution in [0.4, 0.5) is 0 Å². The highest BCUT2D eigenvalue weighted by molar-refractivity contribution is 7.13. The van der Waals surface area contributed by atoms with Crippen LogP contribution < -0.4 is 4.74 Å².